The van der Waals surface area contributed by atoms with Crippen LogP contribution < -0.4 is 10.2 Å². The minimum atomic E-state index is -4.47. The Bertz CT molecular complexity index is 1720. The van der Waals surface area contributed by atoms with Crippen LogP contribution >= 0.6 is 11.8 Å². The highest BCUT2D eigenvalue weighted by Gasteiger charge is 2.33. The maximum atomic E-state index is 13.0. The standard InChI is InChI=1S/C30H27F3N6O3S/c1-17-5-8-22(19(3)42-4)25(11-17)39-27(40)15-43-29(39)37-28(41)36-23-9-6-20(12-18(23)2)24-14-38(16-35-24)26-10-7-21(13-34-26)30(31,32)33/h5-14,16,19H,15H2,1-4H3,(H,36,41). The number of nitrogens with zero attached hydrogens (tertiary/aromatic N) is 5. The second kappa shape index (κ2) is 12.0. The molecule has 0 radical (unpaired) electrons. The maximum absolute atomic E-state index is 13.0. The summed E-state index contributed by atoms with van der Waals surface area (Å²) in [5, 5.41) is 3.05. The van der Waals surface area contributed by atoms with Crippen LogP contribution in [0.5, 0.6) is 0 Å². The van der Waals surface area contributed by atoms with Gasteiger partial charge in [-0.2, -0.15) is 18.2 Å². The molecule has 1 aliphatic rings. The Morgan fingerprint density at radius 3 is 2.58 bits per heavy atom. The third-order valence-corrected chi connectivity index (χ3v) is 7.79. The van der Waals surface area contributed by atoms with E-state index in [-0.39, 0.29) is 22.9 Å². The van der Waals surface area contributed by atoms with Gasteiger partial charge in [-0.25, -0.2) is 14.8 Å². The van der Waals surface area contributed by atoms with Crippen LogP contribution in [0.3, 0.4) is 0 Å². The lowest BCUT2D eigenvalue weighted by Gasteiger charge is -2.23. The Morgan fingerprint density at radius 2 is 1.91 bits per heavy atom. The van der Waals surface area contributed by atoms with Gasteiger partial charge in [0.2, 0.25) is 5.91 Å². The predicted octanol–water partition coefficient (Wildman–Crippen LogP) is 6.95. The summed E-state index contributed by atoms with van der Waals surface area (Å²) < 4.78 is 45.6. The third-order valence-electron chi connectivity index (χ3n) is 6.87. The molecular formula is C30H27F3N6O3S. The molecule has 3 amide bonds. The second-order valence-electron chi connectivity index (χ2n) is 9.88. The number of amides is 3. The average Bonchev–Trinajstić information content (AvgIpc) is 3.60. The number of alkyl halides is 3. The fraction of sp³-hybridized carbons (Fsp3) is 0.233. The van der Waals surface area contributed by atoms with E-state index in [0.29, 0.717) is 22.9 Å². The van der Waals surface area contributed by atoms with E-state index in [1.54, 1.807) is 25.4 Å². The molecule has 0 spiro atoms. The van der Waals surface area contributed by atoms with E-state index in [2.05, 4.69) is 20.3 Å². The minimum absolute atomic E-state index is 0.156. The number of aliphatic imine (C=N–C) groups is 1. The number of benzene rings is 2. The van der Waals surface area contributed by atoms with Crippen LogP contribution in [-0.2, 0) is 15.7 Å². The topological polar surface area (TPSA) is 102 Å². The van der Waals surface area contributed by atoms with Crippen molar-refractivity contribution in [3.8, 4) is 17.1 Å². The number of methoxy groups -OCH3 is 1. The molecule has 1 saturated heterocycles. The molecule has 0 aliphatic carbocycles. The number of hydrogen-bond acceptors (Lipinski definition) is 6. The van der Waals surface area contributed by atoms with Crippen molar-refractivity contribution < 1.29 is 27.5 Å². The molecule has 2 aromatic carbocycles. The number of aryl methyl sites for hydroxylation is 2. The molecule has 0 saturated carbocycles. The van der Waals surface area contributed by atoms with Crippen LogP contribution in [0.25, 0.3) is 17.1 Å². The highest BCUT2D eigenvalue weighted by atomic mass is 32.2. The van der Waals surface area contributed by atoms with Gasteiger partial charge in [-0.1, -0.05) is 30.0 Å². The lowest BCUT2D eigenvalue weighted by Crippen LogP contribution is -2.31. The Balaban J connectivity index is 1.33. The number of nitrogens with one attached hydrogen (secondary N) is 1. The summed E-state index contributed by atoms with van der Waals surface area (Å²) in [6, 6.07) is 12.6. The molecule has 2 aromatic heterocycles. The number of urea groups is 1. The molecule has 43 heavy (non-hydrogen) atoms. The first-order valence-electron chi connectivity index (χ1n) is 13.1. The zero-order chi connectivity index (χ0) is 30.9. The van der Waals surface area contributed by atoms with Crippen LogP contribution in [0.2, 0.25) is 0 Å². The highest BCUT2D eigenvalue weighted by Crippen LogP contribution is 2.35. The van der Waals surface area contributed by atoms with Crippen molar-refractivity contribution in [2.24, 2.45) is 4.99 Å². The van der Waals surface area contributed by atoms with E-state index in [0.717, 1.165) is 34.5 Å². The molecule has 1 atom stereocenters. The van der Waals surface area contributed by atoms with E-state index < -0.39 is 17.8 Å². The highest BCUT2D eigenvalue weighted by molar-refractivity contribution is 8.15. The molecule has 3 heterocycles. The molecule has 4 aromatic rings. The molecule has 1 unspecified atom stereocenters. The molecular weight excluding hydrogens is 581 g/mol. The van der Waals surface area contributed by atoms with Gasteiger partial charge in [0.15, 0.2) is 5.17 Å². The number of thioether (sulfide) groups is 1. The van der Waals surface area contributed by atoms with Crippen molar-refractivity contribution in [2.45, 2.75) is 33.1 Å². The number of ether oxygens (including phenoxy) is 1. The molecule has 1 aliphatic heterocycles. The predicted molar refractivity (Wildman–Crippen MR) is 160 cm³/mol. The molecule has 1 fully saturated rings. The third kappa shape index (κ3) is 6.47. The lowest BCUT2D eigenvalue weighted by atomic mass is 10.0. The number of amidine groups is 1. The quantitative estimate of drug-likeness (QED) is 0.254. The van der Waals surface area contributed by atoms with Crippen molar-refractivity contribution in [2.75, 3.05) is 23.1 Å². The normalized spacial score (nSPS) is 15.3. The summed E-state index contributed by atoms with van der Waals surface area (Å²) >= 11 is 1.19. The first-order chi connectivity index (χ1) is 20.4. The van der Waals surface area contributed by atoms with Gasteiger partial charge in [0.05, 0.1) is 28.8 Å². The number of carbonyl (C=O) groups excluding carboxylic acids is 2. The van der Waals surface area contributed by atoms with E-state index in [1.807, 2.05) is 45.0 Å². The Labute approximate surface area is 249 Å². The van der Waals surface area contributed by atoms with Crippen LogP contribution in [0.1, 0.15) is 35.3 Å². The summed E-state index contributed by atoms with van der Waals surface area (Å²) in [6.07, 6.45) is -0.846. The number of rotatable bonds is 6. The number of imidazole rings is 1. The average molecular weight is 609 g/mol. The summed E-state index contributed by atoms with van der Waals surface area (Å²) in [5.41, 5.74) is 4.10. The van der Waals surface area contributed by atoms with E-state index in [1.165, 1.54) is 33.6 Å². The minimum Gasteiger partial charge on any atom is -0.377 e. The van der Waals surface area contributed by atoms with Crippen LogP contribution in [0.15, 0.2) is 72.2 Å². The number of pyridine rings is 1. The van der Waals surface area contributed by atoms with Crippen molar-refractivity contribution in [3.63, 3.8) is 0 Å². The van der Waals surface area contributed by atoms with E-state index >= 15 is 0 Å². The number of carbonyl (C=O) groups is 2. The van der Waals surface area contributed by atoms with Gasteiger partial charge in [0.25, 0.3) is 0 Å². The van der Waals surface area contributed by atoms with Gasteiger partial charge in [0.1, 0.15) is 12.1 Å². The van der Waals surface area contributed by atoms with Gasteiger partial charge >= 0.3 is 12.2 Å². The van der Waals surface area contributed by atoms with Gasteiger partial charge in [-0.05, 0) is 62.2 Å². The first kappa shape index (κ1) is 30.0. The maximum Gasteiger partial charge on any atom is 0.417 e. The monoisotopic (exact) mass is 608 g/mol. The Morgan fingerprint density at radius 1 is 1.12 bits per heavy atom. The van der Waals surface area contributed by atoms with E-state index in [9.17, 15) is 22.8 Å². The summed E-state index contributed by atoms with van der Waals surface area (Å²) in [6.45, 7) is 5.62. The van der Waals surface area contributed by atoms with Crippen molar-refractivity contribution in [3.05, 3.63) is 89.5 Å². The molecule has 0 bridgehead atoms. The van der Waals surface area contributed by atoms with Crippen molar-refractivity contribution in [1.29, 1.82) is 0 Å². The number of hydrogen-bond donors (Lipinski definition) is 1. The molecule has 5 rings (SSSR count). The Kier molecular flexibility index (Phi) is 8.38. The Hall–Kier alpha value is -4.49. The molecule has 9 nitrogen and oxygen atoms in total. The lowest BCUT2D eigenvalue weighted by molar-refractivity contribution is -0.137. The second-order valence-corrected chi connectivity index (χ2v) is 10.8. The SMILES string of the molecule is COC(C)c1ccc(C)cc1N1C(=O)CSC1=NC(=O)Nc1ccc(-c2cn(-c3ccc(C(F)(F)F)cn3)cn2)cc1C. The smallest absolute Gasteiger partial charge is 0.377 e. The fourth-order valence-electron chi connectivity index (χ4n) is 4.50. The van der Waals surface area contributed by atoms with Gasteiger partial charge < -0.3 is 10.1 Å². The summed E-state index contributed by atoms with van der Waals surface area (Å²) in [5.74, 6) is 0.264. The van der Waals surface area contributed by atoms with Crippen molar-refractivity contribution >= 4 is 40.2 Å². The largest absolute Gasteiger partial charge is 0.417 e. The molecule has 1 N–H and O–H groups in total. The van der Waals surface area contributed by atoms with Crippen LogP contribution in [0.4, 0.5) is 29.3 Å². The number of halogens is 3. The number of anilines is 2. The van der Waals surface area contributed by atoms with Gasteiger partial charge in [-0.3, -0.25) is 14.3 Å². The van der Waals surface area contributed by atoms with Gasteiger partial charge in [-0.15, -0.1) is 0 Å². The first-order valence-corrected chi connectivity index (χ1v) is 14.1. The molecule has 13 heteroatoms. The zero-order valence-electron chi connectivity index (χ0n) is 23.6. The van der Waals surface area contributed by atoms with E-state index in [4.69, 9.17) is 4.74 Å². The van der Waals surface area contributed by atoms with Gasteiger partial charge in [0, 0.05) is 36.3 Å². The van der Waals surface area contributed by atoms with Crippen LogP contribution in [-0.4, -0.2) is 44.5 Å². The summed E-state index contributed by atoms with van der Waals surface area (Å²) in [7, 11) is 1.59. The summed E-state index contributed by atoms with van der Waals surface area (Å²) in [4.78, 5) is 39.8. The zero-order valence-corrected chi connectivity index (χ0v) is 24.5. The molecule has 222 valence electrons. The number of aromatic nitrogens is 3. The fourth-order valence-corrected chi connectivity index (χ4v) is 5.36. The van der Waals surface area contributed by atoms with Crippen LogP contribution in [0, 0.1) is 13.8 Å². The van der Waals surface area contributed by atoms with Crippen molar-refractivity contribution in [1.82, 2.24) is 14.5 Å².